The van der Waals surface area contributed by atoms with Crippen molar-refractivity contribution in [3.05, 3.63) is 100 Å². The van der Waals surface area contributed by atoms with E-state index in [1.807, 2.05) is 12.1 Å². The number of carbonyl (C=O) groups is 1. The summed E-state index contributed by atoms with van der Waals surface area (Å²) in [5.41, 5.74) is 2.52. The van der Waals surface area contributed by atoms with Gasteiger partial charge in [-0.2, -0.15) is 5.26 Å². The Morgan fingerprint density at radius 2 is 1.67 bits per heavy atom. The first-order valence-electron chi connectivity index (χ1n) is 10.2. The monoisotopic (exact) mass is 435 g/mol. The molecule has 0 saturated carbocycles. The molecule has 8 heteroatoms. The number of carbonyl (C=O) groups excluding carboxylic acids is 1. The lowest BCUT2D eigenvalue weighted by Crippen LogP contribution is -2.20. The first-order valence-corrected chi connectivity index (χ1v) is 10.2. The molecule has 0 fully saturated rings. The maximum atomic E-state index is 13.0. The summed E-state index contributed by atoms with van der Waals surface area (Å²) in [7, 11) is 1.62. The van der Waals surface area contributed by atoms with Crippen molar-refractivity contribution in [3.63, 3.8) is 0 Å². The minimum absolute atomic E-state index is 0.142. The average molecular weight is 435 g/mol. The Hall–Kier alpha value is -4.77. The molecular formula is C25H17N5O3. The molecular weight excluding hydrogens is 418 g/mol. The summed E-state index contributed by atoms with van der Waals surface area (Å²) >= 11 is 0. The predicted octanol–water partition coefficient (Wildman–Crippen LogP) is 3.48. The van der Waals surface area contributed by atoms with Gasteiger partial charge in [0.25, 0.3) is 5.56 Å². The largest absolute Gasteiger partial charge is 0.454 e. The molecule has 0 aliphatic rings. The maximum Gasteiger partial charge on any atom is 0.339 e. The molecule has 5 rings (SSSR count). The number of aryl methyl sites for hydroxylation is 1. The summed E-state index contributed by atoms with van der Waals surface area (Å²) in [6.45, 7) is -0.142. The van der Waals surface area contributed by atoms with E-state index >= 15 is 0 Å². The Morgan fingerprint density at radius 1 is 0.970 bits per heavy atom. The van der Waals surface area contributed by atoms with E-state index in [9.17, 15) is 14.9 Å². The number of fused-ring (bicyclic) bond motifs is 3. The van der Waals surface area contributed by atoms with Crippen molar-refractivity contribution in [2.45, 2.75) is 6.61 Å². The quantitative estimate of drug-likeness (QED) is 0.401. The van der Waals surface area contributed by atoms with Crippen LogP contribution in [0.25, 0.3) is 27.8 Å². The highest BCUT2D eigenvalue weighted by molar-refractivity contribution is 5.98. The van der Waals surface area contributed by atoms with Crippen LogP contribution in [-0.2, 0) is 18.4 Å². The molecule has 0 amide bonds. The van der Waals surface area contributed by atoms with Crippen molar-refractivity contribution in [1.82, 2.24) is 19.2 Å². The van der Waals surface area contributed by atoms with Crippen LogP contribution in [0.3, 0.4) is 0 Å². The van der Waals surface area contributed by atoms with Crippen LogP contribution in [0, 0.1) is 11.3 Å². The zero-order valence-electron chi connectivity index (χ0n) is 17.6. The molecule has 8 nitrogen and oxygen atoms in total. The molecule has 0 aliphatic heterocycles. The fourth-order valence-electron chi connectivity index (χ4n) is 3.90. The van der Waals surface area contributed by atoms with Gasteiger partial charge in [0.1, 0.15) is 0 Å². The molecule has 0 N–H and O–H groups in total. The number of para-hydroxylation sites is 1. The molecule has 160 valence electrons. The predicted molar refractivity (Wildman–Crippen MR) is 121 cm³/mol. The third-order valence-electron chi connectivity index (χ3n) is 5.51. The van der Waals surface area contributed by atoms with E-state index in [-0.39, 0.29) is 12.2 Å². The zero-order valence-corrected chi connectivity index (χ0v) is 17.6. The van der Waals surface area contributed by atoms with E-state index in [0.717, 1.165) is 0 Å². The molecule has 0 spiro atoms. The van der Waals surface area contributed by atoms with Crippen LogP contribution >= 0.6 is 0 Å². The summed E-state index contributed by atoms with van der Waals surface area (Å²) in [6.07, 6.45) is 0. The number of rotatable bonds is 4. The van der Waals surface area contributed by atoms with Crippen molar-refractivity contribution >= 4 is 22.6 Å². The number of aromatic nitrogens is 4. The van der Waals surface area contributed by atoms with Gasteiger partial charge in [0, 0.05) is 12.6 Å². The first-order chi connectivity index (χ1) is 16.1. The summed E-state index contributed by atoms with van der Waals surface area (Å²) in [6, 6.07) is 23.4. The molecule has 0 saturated heterocycles. The summed E-state index contributed by atoms with van der Waals surface area (Å²) < 4.78 is 8.72. The van der Waals surface area contributed by atoms with Crippen LogP contribution in [-0.4, -0.2) is 25.1 Å². The molecule has 0 atom stereocenters. The van der Waals surface area contributed by atoms with Gasteiger partial charge < -0.3 is 4.74 Å². The fraction of sp³-hybridized carbons (Fsp3) is 0.0800. The molecule has 3 aromatic carbocycles. The van der Waals surface area contributed by atoms with E-state index in [1.54, 1.807) is 72.1 Å². The summed E-state index contributed by atoms with van der Waals surface area (Å²) in [5, 5.41) is 18.2. The SMILES string of the molecule is Cn1c(=O)c2ccccc2n2c(COC(=O)c3ccccc3-c3ccccc3C#N)nnc12. The molecule has 0 unspecified atom stereocenters. The van der Waals surface area contributed by atoms with Crippen LogP contribution in [0.2, 0.25) is 0 Å². The third-order valence-corrected chi connectivity index (χ3v) is 5.51. The van der Waals surface area contributed by atoms with E-state index < -0.39 is 5.97 Å². The Bertz CT molecular complexity index is 1640. The van der Waals surface area contributed by atoms with E-state index in [0.29, 0.717) is 44.8 Å². The minimum Gasteiger partial charge on any atom is -0.454 e. The normalized spacial score (nSPS) is 10.9. The van der Waals surface area contributed by atoms with Gasteiger partial charge in [-0.3, -0.25) is 13.8 Å². The van der Waals surface area contributed by atoms with Crippen molar-refractivity contribution in [3.8, 4) is 17.2 Å². The molecule has 0 aliphatic carbocycles. The number of nitriles is 1. The van der Waals surface area contributed by atoms with Crippen molar-refractivity contribution in [2.75, 3.05) is 0 Å². The van der Waals surface area contributed by atoms with Crippen LogP contribution in [0.1, 0.15) is 21.7 Å². The first kappa shape index (κ1) is 20.2. The number of benzene rings is 3. The Labute approximate surface area is 187 Å². The highest BCUT2D eigenvalue weighted by Crippen LogP contribution is 2.27. The highest BCUT2D eigenvalue weighted by Gasteiger charge is 2.19. The number of hydrogen-bond donors (Lipinski definition) is 0. The van der Waals surface area contributed by atoms with Gasteiger partial charge >= 0.3 is 5.97 Å². The van der Waals surface area contributed by atoms with Crippen molar-refractivity contribution in [2.24, 2.45) is 7.05 Å². The van der Waals surface area contributed by atoms with Crippen LogP contribution in [0.4, 0.5) is 0 Å². The number of esters is 1. The van der Waals surface area contributed by atoms with E-state index in [2.05, 4.69) is 16.3 Å². The standard InChI is InChI=1S/C25H17N5O3/c1-29-23(31)20-12-6-7-13-21(20)30-22(27-28-25(29)30)15-33-24(32)19-11-5-4-10-18(19)17-9-3-2-8-16(17)14-26/h2-13H,15H2,1H3. The average Bonchev–Trinajstić information content (AvgIpc) is 3.30. The van der Waals surface area contributed by atoms with Gasteiger partial charge in [-0.25, -0.2) is 4.79 Å². The van der Waals surface area contributed by atoms with Crippen LogP contribution in [0.15, 0.2) is 77.6 Å². The number of nitrogens with zero attached hydrogens (tertiary/aromatic N) is 5. The van der Waals surface area contributed by atoms with Gasteiger partial charge in [0.15, 0.2) is 12.4 Å². The third kappa shape index (κ3) is 3.32. The Morgan fingerprint density at radius 3 is 2.48 bits per heavy atom. The lowest BCUT2D eigenvalue weighted by Gasteiger charge is -2.11. The van der Waals surface area contributed by atoms with Crippen molar-refractivity contribution < 1.29 is 9.53 Å². The van der Waals surface area contributed by atoms with Crippen LogP contribution < -0.4 is 5.56 Å². The lowest BCUT2D eigenvalue weighted by atomic mass is 9.96. The van der Waals surface area contributed by atoms with Gasteiger partial charge in [-0.05, 0) is 29.8 Å². The topological polar surface area (TPSA) is 102 Å². The number of ether oxygens (including phenoxy) is 1. The number of hydrogen-bond acceptors (Lipinski definition) is 6. The molecule has 33 heavy (non-hydrogen) atoms. The summed E-state index contributed by atoms with van der Waals surface area (Å²) in [4.78, 5) is 25.6. The smallest absolute Gasteiger partial charge is 0.339 e. The second kappa shape index (κ2) is 8.05. The van der Waals surface area contributed by atoms with Crippen molar-refractivity contribution in [1.29, 1.82) is 5.26 Å². The highest BCUT2D eigenvalue weighted by atomic mass is 16.5. The Balaban J connectivity index is 1.52. The minimum atomic E-state index is -0.552. The fourth-order valence-corrected chi connectivity index (χ4v) is 3.90. The van der Waals surface area contributed by atoms with E-state index in [1.165, 1.54) is 4.57 Å². The summed E-state index contributed by atoms with van der Waals surface area (Å²) in [5.74, 6) is 0.192. The van der Waals surface area contributed by atoms with Gasteiger partial charge in [0.2, 0.25) is 5.78 Å². The second-order valence-electron chi connectivity index (χ2n) is 7.41. The molecule has 0 radical (unpaired) electrons. The van der Waals surface area contributed by atoms with Gasteiger partial charge in [-0.15, -0.1) is 10.2 Å². The second-order valence-corrected chi connectivity index (χ2v) is 7.41. The lowest BCUT2D eigenvalue weighted by molar-refractivity contribution is 0.0462. The zero-order chi connectivity index (χ0) is 22.9. The molecule has 2 heterocycles. The van der Waals surface area contributed by atoms with Gasteiger partial charge in [-0.1, -0.05) is 48.5 Å². The van der Waals surface area contributed by atoms with Crippen LogP contribution in [0.5, 0.6) is 0 Å². The molecule has 5 aromatic rings. The maximum absolute atomic E-state index is 13.0. The van der Waals surface area contributed by atoms with Gasteiger partial charge in [0.05, 0.1) is 28.1 Å². The Kier molecular flexibility index (Phi) is 4.92. The molecule has 0 bridgehead atoms. The molecule has 2 aromatic heterocycles. The van der Waals surface area contributed by atoms with E-state index in [4.69, 9.17) is 4.74 Å².